The average molecular weight is 326 g/mol. The number of para-hydroxylation sites is 1. The highest BCUT2D eigenvalue weighted by molar-refractivity contribution is 5.93. The van der Waals surface area contributed by atoms with Crippen molar-refractivity contribution in [2.24, 2.45) is 11.8 Å². The normalized spacial score (nSPS) is 37.7. The van der Waals surface area contributed by atoms with Gasteiger partial charge in [0.2, 0.25) is 0 Å². The monoisotopic (exact) mass is 326 g/mol. The summed E-state index contributed by atoms with van der Waals surface area (Å²) in [6, 6.07) is 8.16. The molecule has 1 aliphatic carbocycles. The lowest BCUT2D eigenvalue weighted by molar-refractivity contribution is -0.157. The van der Waals surface area contributed by atoms with E-state index in [0.29, 0.717) is 6.54 Å². The number of nitrogens with one attached hydrogen (secondary N) is 2. The van der Waals surface area contributed by atoms with Crippen LogP contribution in [-0.2, 0) is 21.4 Å². The highest BCUT2D eigenvalue weighted by Gasteiger charge is 2.69. The zero-order valence-corrected chi connectivity index (χ0v) is 13.8. The third kappa shape index (κ3) is 1.46. The number of benzene rings is 1. The van der Waals surface area contributed by atoms with E-state index in [4.69, 9.17) is 4.74 Å². The number of aliphatic hydroxyl groups excluding tert-OH is 1. The molecular formula is C19H22N2O3. The van der Waals surface area contributed by atoms with Crippen molar-refractivity contribution in [3.8, 4) is 0 Å². The Morgan fingerprint density at radius 2 is 2.21 bits per heavy atom. The molecule has 126 valence electrons. The SMILES string of the molecule is CC1Cc2c([nH]c3ccccc23)C2(CO)C(=O)OC13CNCCC23. The van der Waals surface area contributed by atoms with Crippen LogP contribution in [0, 0.1) is 11.8 Å². The van der Waals surface area contributed by atoms with Gasteiger partial charge in [-0.25, -0.2) is 0 Å². The first-order valence-electron chi connectivity index (χ1n) is 8.78. The number of aromatic amines is 1. The van der Waals surface area contributed by atoms with Crippen molar-refractivity contribution in [3.05, 3.63) is 35.5 Å². The van der Waals surface area contributed by atoms with E-state index in [1.54, 1.807) is 0 Å². The van der Waals surface area contributed by atoms with Gasteiger partial charge in [0, 0.05) is 35.0 Å². The second kappa shape index (κ2) is 4.61. The van der Waals surface area contributed by atoms with Crippen molar-refractivity contribution < 1.29 is 14.6 Å². The molecule has 2 aliphatic heterocycles. The minimum Gasteiger partial charge on any atom is -0.456 e. The van der Waals surface area contributed by atoms with Crippen LogP contribution in [0.1, 0.15) is 24.6 Å². The van der Waals surface area contributed by atoms with Gasteiger partial charge >= 0.3 is 5.97 Å². The molecule has 1 aromatic carbocycles. The summed E-state index contributed by atoms with van der Waals surface area (Å²) in [6.45, 7) is 3.50. The molecule has 4 unspecified atom stereocenters. The van der Waals surface area contributed by atoms with Crippen LogP contribution in [0.2, 0.25) is 0 Å². The molecule has 3 aliphatic rings. The fourth-order valence-corrected chi connectivity index (χ4v) is 5.49. The van der Waals surface area contributed by atoms with Crippen LogP contribution in [0.5, 0.6) is 0 Å². The molecule has 3 heterocycles. The van der Waals surface area contributed by atoms with E-state index in [0.717, 1.165) is 36.0 Å². The van der Waals surface area contributed by atoms with Crippen molar-refractivity contribution >= 4 is 16.9 Å². The molecule has 2 bridgehead atoms. The van der Waals surface area contributed by atoms with Crippen LogP contribution in [0.3, 0.4) is 0 Å². The maximum Gasteiger partial charge on any atom is 0.321 e. The Morgan fingerprint density at radius 3 is 3.04 bits per heavy atom. The van der Waals surface area contributed by atoms with Gasteiger partial charge in [0.05, 0.1) is 6.61 Å². The van der Waals surface area contributed by atoms with Gasteiger partial charge < -0.3 is 20.1 Å². The van der Waals surface area contributed by atoms with Gasteiger partial charge in [0.25, 0.3) is 0 Å². The lowest BCUT2D eigenvalue weighted by Gasteiger charge is -2.43. The van der Waals surface area contributed by atoms with Gasteiger partial charge in [-0.05, 0) is 31.0 Å². The molecule has 24 heavy (non-hydrogen) atoms. The Morgan fingerprint density at radius 1 is 1.38 bits per heavy atom. The highest BCUT2D eigenvalue weighted by Crippen LogP contribution is 2.57. The second-order valence-electron chi connectivity index (χ2n) is 7.62. The first-order valence-corrected chi connectivity index (χ1v) is 8.78. The lowest BCUT2D eigenvalue weighted by Crippen LogP contribution is -2.58. The van der Waals surface area contributed by atoms with E-state index >= 15 is 0 Å². The molecule has 0 spiro atoms. The number of carbonyl (C=O) groups excluding carboxylic acids is 1. The molecule has 2 saturated heterocycles. The largest absolute Gasteiger partial charge is 0.456 e. The second-order valence-corrected chi connectivity index (χ2v) is 7.62. The summed E-state index contributed by atoms with van der Waals surface area (Å²) in [5.74, 6) is -0.0563. The fourth-order valence-electron chi connectivity index (χ4n) is 5.49. The summed E-state index contributed by atoms with van der Waals surface area (Å²) in [5, 5.41) is 15.0. The standard InChI is InChI=1S/C19H22N2O3/c1-11-8-13-12-4-2-3-5-14(12)21-16(13)18(10-22)15-6-7-20-9-19(11,15)24-17(18)23/h2-5,11,15,20-22H,6-10H2,1H3. The maximum atomic E-state index is 13.1. The van der Waals surface area contributed by atoms with Crippen molar-refractivity contribution in [1.82, 2.24) is 10.3 Å². The van der Waals surface area contributed by atoms with Crippen molar-refractivity contribution in [3.63, 3.8) is 0 Å². The zero-order valence-electron chi connectivity index (χ0n) is 13.8. The van der Waals surface area contributed by atoms with E-state index in [1.807, 2.05) is 18.2 Å². The van der Waals surface area contributed by atoms with Gasteiger partial charge in [-0.15, -0.1) is 0 Å². The highest BCUT2D eigenvalue weighted by atomic mass is 16.6. The van der Waals surface area contributed by atoms with E-state index in [-0.39, 0.29) is 24.4 Å². The lowest BCUT2D eigenvalue weighted by atomic mass is 9.64. The van der Waals surface area contributed by atoms with E-state index in [2.05, 4.69) is 23.3 Å². The molecule has 0 saturated carbocycles. The van der Waals surface area contributed by atoms with Crippen LogP contribution in [-0.4, -0.2) is 41.4 Å². The Labute approximate surface area is 140 Å². The van der Waals surface area contributed by atoms with Crippen LogP contribution < -0.4 is 5.32 Å². The first kappa shape index (κ1) is 14.5. The number of H-pyrrole nitrogens is 1. The number of hydrogen-bond donors (Lipinski definition) is 3. The number of piperidine rings is 1. The van der Waals surface area contributed by atoms with Gasteiger partial charge in [0.15, 0.2) is 0 Å². The molecule has 2 aromatic rings. The van der Waals surface area contributed by atoms with Crippen molar-refractivity contribution in [2.75, 3.05) is 19.7 Å². The predicted octanol–water partition coefficient (Wildman–Crippen LogP) is 1.50. The fraction of sp³-hybridized carbons (Fsp3) is 0.526. The smallest absolute Gasteiger partial charge is 0.321 e. The summed E-state index contributed by atoms with van der Waals surface area (Å²) in [4.78, 5) is 16.6. The van der Waals surface area contributed by atoms with Crippen LogP contribution in [0.25, 0.3) is 10.9 Å². The molecule has 2 fully saturated rings. The molecule has 5 nitrogen and oxygen atoms in total. The number of rotatable bonds is 1. The van der Waals surface area contributed by atoms with Crippen LogP contribution in [0.4, 0.5) is 0 Å². The van der Waals surface area contributed by atoms with E-state index < -0.39 is 11.0 Å². The number of esters is 1. The Bertz CT molecular complexity index is 844. The zero-order chi connectivity index (χ0) is 16.5. The van der Waals surface area contributed by atoms with Crippen LogP contribution >= 0.6 is 0 Å². The summed E-state index contributed by atoms with van der Waals surface area (Å²) >= 11 is 0. The minimum atomic E-state index is -0.957. The minimum absolute atomic E-state index is 0.00747. The topological polar surface area (TPSA) is 74.3 Å². The molecular weight excluding hydrogens is 304 g/mol. The summed E-state index contributed by atoms with van der Waals surface area (Å²) in [7, 11) is 0. The number of aromatic nitrogens is 1. The molecule has 3 N–H and O–H groups in total. The Balaban J connectivity index is 1.85. The molecule has 0 radical (unpaired) electrons. The number of aliphatic hydroxyl groups is 1. The number of fused-ring (bicyclic) bond motifs is 4. The van der Waals surface area contributed by atoms with Gasteiger partial charge in [0.1, 0.15) is 11.0 Å². The average Bonchev–Trinajstić information content (AvgIpc) is 3.06. The van der Waals surface area contributed by atoms with E-state index in [1.165, 1.54) is 5.56 Å². The molecule has 5 heteroatoms. The van der Waals surface area contributed by atoms with Crippen molar-refractivity contribution in [2.45, 2.75) is 30.8 Å². The Kier molecular flexibility index (Phi) is 2.78. The summed E-state index contributed by atoms with van der Waals surface area (Å²) < 4.78 is 6.03. The first-order chi connectivity index (χ1) is 11.6. The third-order valence-electron chi connectivity index (χ3n) is 6.70. The third-order valence-corrected chi connectivity index (χ3v) is 6.70. The predicted molar refractivity (Wildman–Crippen MR) is 89.7 cm³/mol. The quantitative estimate of drug-likeness (QED) is 0.694. The summed E-state index contributed by atoms with van der Waals surface area (Å²) in [6.07, 6.45) is 1.69. The summed E-state index contributed by atoms with van der Waals surface area (Å²) in [5.41, 5.74) is 1.62. The van der Waals surface area contributed by atoms with Crippen molar-refractivity contribution in [1.29, 1.82) is 0 Å². The van der Waals surface area contributed by atoms with Gasteiger partial charge in [-0.3, -0.25) is 4.79 Å². The molecule has 1 aromatic heterocycles. The maximum absolute atomic E-state index is 13.1. The number of carbonyl (C=O) groups is 1. The molecule has 0 amide bonds. The number of hydrogen-bond acceptors (Lipinski definition) is 4. The molecule has 4 atom stereocenters. The molecule has 5 rings (SSSR count). The Hall–Kier alpha value is -1.85. The van der Waals surface area contributed by atoms with Gasteiger partial charge in [-0.2, -0.15) is 0 Å². The number of ether oxygens (including phenoxy) is 1. The van der Waals surface area contributed by atoms with E-state index in [9.17, 15) is 9.90 Å². The van der Waals surface area contributed by atoms with Gasteiger partial charge in [-0.1, -0.05) is 25.1 Å². The van der Waals surface area contributed by atoms with Crippen LogP contribution in [0.15, 0.2) is 24.3 Å².